The molecule has 0 saturated carbocycles. The average Bonchev–Trinajstić information content (AvgIpc) is 2.87. The molecular formula is C18H33N3O5. The fourth-order valence-electron chi connectivity index (χ4n) is 3.17. The molecule has 0 aliphatic carbocycles. The van der Waals surface area contributed by atoms with E-state index < -0.39 is 29.9 Å². The van der Waals surface area contributed by atoms with E-state index in [0.717, 1.165) is 0 Å². The van der Waals surface area contributed by atoms with E-state index in [-0.39, 0.29) is 24.2 Å². The monoisotopic (exact) mass is 371 g/mol. The van der Waals surface area contributed by atoms with Crippen LogP contribution < -0.4 is 5.32 Å². The molecule has 0 bridgehead atoms. The van der Waals surface area contributed by atoms with Crippen molar-refractivity contribution in [3.63, 3.8) is 0 Å². The van der Waals surface area contributed by atoms with Crippen LogP contribution in [0.15, 0.2) is 0 Å². The van der Waals surface area contributed by atoms with Crippen LogP contribution in [0.25, 0.3) is 0 Å². The Morgan fingerprint density at radius 3 is 2.27 bits per heavy atom. The highest BCUT2D eigenvalue weighted by Crippen LogP contribution is 2.27. The minimum Gasteiger partial charge on any atom is -0.444 e. The number of hydrogen-bond acceptors (Lipinski definition) is 5. The van der Waals surface area contributed by atoms with Gasteiger partial charge in [0.1, 0.15) is 11.8 Å². The molecular weight excluding hydrogens is 338 g/mol. The van der Waals surface area contributed by atoms with Gasteiger partial charge in [0.15, 0.2) is 0 Å². The lowest BCUT2D eigenvalue weighted by molar-refractivity contribution is -0.137. The summed E-state index contributed by atoms with van der Waals surface area (Å²) in [6.45, 7) is 8.95. The van der Waals surface area contributed by atoms with Crippen LogP contribution in [0.5, 0.6) is 0 Å². The molecule has 1 aliphatic rings. The van der Waals surface area contributed by atoms with Gasteiger partial charge in [-0.2, -0.15) is 0 Å². The summed E-state index contributed by atoms with van der Waals surface area (Å²) < 4.78 is 5.43. The molecule has 4 unspecified atom stereocenters. The van der Waals surface area contributed by atoms with E-state index in [4.69, 9.17) is 4.74 Å². The molecule has 0 radical (unpaired) electrons. The molecule has 0 aromatic carbocycles. The number of amides is 3. The second-order valence-corrected chi connectivity index (χ2v) is 8.12. The minimum absolute atomic E-state index is 0.0887. The van der Waals surface area contributed by atoms with Crippen molar-refractivity contribution in [2.75, 3.05) is 20.6 Å². The number of nitrogens with one attached hydrogen (secondary N) is 1. The molecule has 8 nitrogen and oxygen atoms in total. The number of aliphatic hydroxyl groups is 1. The van der Waals surface area contributed by atoms with Gasteiger partial charge in [-0.1, -0.05) is 6.92 Å². The van der Waals surface area contributed by atoms with Gasteiger partial charge < -0.3 is 20.1 Å². The van der Waals surface area contributed by atoms with E-state index in [1.54, 1.807) is 41.8 Å². The van der Waals surface area contributed by atoms with Crippen molar-refractivity contribution in [3.8, 4) is 0 Å². The lowest BCUT2D eigenvalue weighted by Gasteiger charge is -2.39. The van der Waals surface area contributed by atoms with Gasteiger partial charge in [-0.3, -0.25) is 14.5 Å². The molecule has 2 N–H and O–H groups in total. The van der Waals surface area contributed by atoms with Crippen LogP contribution in [0.3, 0.4) is 0 Å². The Hall–Kier alpha value is -1.83. The minimum atomic E-state index is -1.16. The highest BCUT2D eigenvalue weighted by atomic mass is 16.6. The first kappa shape index (κ1) is 22.2. The Kier molecular flexibility index (Phi) is 7.44. The van der Waals surface area contributed by atoms with Crippen molar-refractivity contribution in [2.24, 2.45) is 11.8 Å². The number of rotatable bonds is 6. The lowest BCUT2D eigenvalue weighted by atomic mass is 9.88. The molecule has 1 saturated heterocycles. The van der Waals surface area contributed by atoms with Crippen LogP contribution in [-0.4, -0.2) is 71.3 Å². The molecule has 3 amide bonds. The SMILES string of the molecule is CC(C(=O)N(C)C)C(CC1CCNC1=O)N(C(=O)OC(C)(C)C)C(C)O. The largest absolute Gasteiger partial charge is 0.444 e. The predicted molar refractivity (Wildman–Crippen MR) is 97.1 cm³/mol. The first-order valence-electron chi connectivity index (χ1n) is 9.03. The van der Waals surface area contributed by atoms with E-state index in [0.29, 0.717) is 13.0 Å². The molecule has 8 heteroatoms. The van der Waals surface area contributed by atoms with Gasteiger partial charge in [-0.05, 0) is 40.5 Å². The number of carbonyl (C=O) groups excluding carboxylic acids is 3. The summed E-state index contributed by atoms with van der Waals surface area (Å²) in [7, 11) is 3.27. The molecule has 1 rings (SSSR count). The quantitative estimate of drug-likeness (QED) is 0.683. The zero-order valence-electron chi connectivity index (χ0n) is 16.9. The van der Waals surface area contributed by atoms with E-state index in [1.807, 2.05) is 0 Å². The van der Waals surface area contributed by atoms with Gasteiger partial charge in [0, 0.05) is 32.6 Å². The zero-order valence-corrected chi connectivity index (χ0v) is 16.9. The van der Waals surface area contributed by atoms with Crippen molar-refractivity contribution in [2.45, 2.75) is 65.3 Å². The van der Waals surface area contributed by atoms with Gasteiger partial charge >= 0.3 is 6.09 Å². The lowest BCUT2D eigenvalue weighted by Crippen LogP contribution is -2.54. The third-order valence-corrected chi connectivity index (χ3v) is 4.46. The summed E-state index contributed by atoms with van der Waals surface area (Å²) in [5.74, 6) is -1.17. The Labute approximate surface area is 155 Å². The van der Waals surface area contributed by atoms with Gasteiger partial charge in [-0.25, -0.2) is 4.79 Å². The third-order valence-electron chi connectivity index (χ3n) is 4.46. The molecule has 150 valence electrons. The normalized spacial score (nSPS) is 20.8. The average molecular weight is 371 g/mol. The number of aliphatic hydroxyl groups excluding tert-OH is 1. The van der Waals surface area contributed by atoms with Crippen LogP contribution >= 0.6 is 0 Å². The van der Waals surface area contributed by atoms with Crippen molar-refractivity contribution in [3.05, 3.63) is 0 Å². The van der Waals surface area contributed by atoms with Crippen molar-refractivity contribution < 1.29 is 24.2 Å². The summed E-state index contributed by atoms with van der Waals surface area (Å²) >= 11 is 0. The Morgan fingerprint density at radius 1 is 1.31 bits per heavy atom. The highest BCUT2D eigenvalue weighted by Gasteiger charge is 2.40. The van der Waals surface area contributed by atoms with Gasteiger partial charge in [0.05, 0.1) is 5.92 Å². The highest BCUT2D eigenvalue weighted by molar-refractivity contribution is 5.82. The summed E-state index contributed by atoms with van der Waals surface area (Å²) in [5, 5.41) is 13.0. The standard InChI is InChI=1S/C18H33N3O5/c1-11(16(24)20(6)7)14(10-13-8-9-19-15(13)23)21(12(2)22)17(25)26-18(3,4)5/h11-14,22H,8-10H2,1-7H3,(H,19,23). The maximum absolute atomic E-state index is 12.7. The zero-order chi connectivity index (χ0) is 20.2. The van der Waals surface area contributed by atoms with E-state index in [1.165, 1.54) is 16.7 Å². The maximum atomic E-state index is 12.7. The Bertz CT molecular complexity index is 527. The van der Waals surface area contributed by atoms with Crippen LogP contribution in [-0.2, 0) is 14.3 Å². The predicted octanol–water partition coefficient (Wildman–Crippen LogP) is 1.18. The summed E-state index contributed by atoms with van der Waals surface area (Å²) in [6.07, 6.45) is -0.928. The molecule has 4 atom stereocenters. The van der Waals surface area contributed by atoms with E-state index >= 15 is 0 Å². The van der Waals surface area contributed by atoms with Gasteiger partial charge in [0.2, 0.25) is 11.8 Å². The van der Waals surface area contributed by atoms with Crippen LogP contribution in [0.2, 0.25) is 0 Å². The fraction of sp³-hybridized carbons (Fsp3) is 0.833. The number of ether oxygens (including phenoxy) is 1. The van der Waals surface area contributed by atoms with Crippen molar-refractivity contribution in [1.82, 2.24) is 15.1 Å². The number of nitrogens with zero attached hydrogens (tertiary/aromatic N) is 2. The molecule has 26 heavy (non-hydrogen) atoms. The van der Waals surface area contributed by atoms with Crippen LogP contribution in [0.1, 0.15) is 47.5 Å². The van der Waals surface area contributed by atoms with Crippen molar-refractivity contribution >= 4 is 17.9 Å². The fourth-order valence-corrected chi connectivity index (χ4v) is 3.17. The first-order valence-corrected chi connectivity index (χ1v) is 9.03. The Balaban J connectivity index is 3.17. The van der Waals surface area contributed by atoms with Crippen LogP contribution in [0.4, 0.5) is 4.79 Å². The van der Waals surface area contributed by atoms with Gasteiger partial charge in [0.25, 0.3) is 0 Å². The summed E-state index contributed by atoms with van der Waals surface area (Å²) in [6, 6.07) is -0.659. The van der Waals surface area contributed by atoms with E-state index in [2.05, 4.69) is 5.32 Å². The van der Waals surface area contributed by atoms with E-state index in [9.17, 15) is 19.5 Å². The Morgan fingerprint density at radius 2 is 1.88 bits per heavy atom. The first-order chi connectivity index (χ1) is 11.8. The molecule has 1 aliphatic heterocycles. The van der Waals surface area contributed by atoms with Crippen LogP contribution in [0, 0.1) is 11.8 Å². The smallest absolute Gasteiger partial charge is 0.412 e. The number of hydrogen-bond donors (Lipinski definition) is 2. The molecule has 1 heterocycles. The summed E-state index contributed by atoms with van der Waals surface area (Å²) in [4.78, 5) is 39.9. The van der Waals surface area contributed by atoms with Gasteiger partial charge in [-0.15, -0.1) is 0 Å². The third kappa shape index (κ3) is 5.86. The number of carbonyl (C=O) groups is 3. The second kappa shape index (κ2) is 8.70. The molecule has 0 aromatic rings. The maximum Gasteiger partial charge on any atom is 0.412 e. The molecule has 0 spiro atoms. The second-order valence-electron chi connectivity index (χ2n) is 8.12. The topological polar surface area (TPSA) is 99.2 Å². The summed E-state index contributed by atoms with van der Waals surface area (Å²) in [5.41, 5.74) is -0.742. The molecule has 1 fully saturated rings. The molecule has 0 aromatic heterocycles. The van der Waals surface area contributed by atoms with Crippen molar-refractivity contribution in [1.29, 1.82) is 0 Å².